The van der Waals surface area contributed by atoms with Gasteiger partial charge in [0, 0.05) is 36.7 Å². The highest BCUT2D eigenvalue weighted by atomic mass is 35.5. The van der Waals surface area contributed by atoms with Gasteiger partial charge in [0.1, 0.15) is 5.69 Å². The number of halogens is 1. The third kappa shape index (κ3) is 3.90. The third-order valence-corrected chi connectivity index (χ3v) is 5.60. The molecule has 0 aliphatic heterocycles. The SMILES string of the molecule is Cc1cc(Cl)cc2sc(N(CCCn3ccnc3)C(=O)c3ccccn3)nc12. The minimum atomic E-state index is -0.158. The third-order valence-electron chi connectivity index (χ3n) is 4.36. The number of amides is 1. The predicted octanol–water partition coefficient (Wildman–Crippen LogP) is 4.59. The van der Waals surface area contributed by atoms with E-state index in [0.29, 0.717) is 22.4 Å². The van der Waals surface area contributed by atoms with E-state index >= 15 is 0 Å². The molecule has 4 rings (SSSR count). The number of nitrogens with zero attached hydrogens (tertiary/aromatic N) is 5. The van der Waals surface area contributed by atoms with E-state index in [0.717, 1.165) is 28.7 Å². The molecule has 3 heterocycles. The van der Waals surface area contributed by atoms with Crippen LogP contribution >= 0.6 is 22.9 Å². The van der Waals surface area contributed by atoms with Crippen molar-refractivity contribution in [1.29, 1.82) is 0 Å². The molecule has 4 aromatic rings. The van der Waals surface area contributed by atoms with Crippen LogP contribution in [0.3, 0.4) is 0 Å². The van der Waals surface area contributed by atoms with Gasteiger partial charge in [-0.3, -0.25) is 14.7 Å². The van der Waals surface area contributed by atoms with Crippen LogP contribution in [0.25, 0.3) is 10.2 Å². The van der Waals surface area contributed by atoms with Gasteiger partial charge in [0.15, 0.2) is 5.13 Å². The van der Waals surface area contributed by atoms with Crippen LogP contribution in [0.4, 0.5) is 5.13 Å². The number of pyridine rings is 1. The first-order chi connectivity index (χ1) is 13.6. The zero-order chi connectivity index (χ0) is 19.5. The highest BCUT2D eigenvalue weighted by Crippen LogP contribution is 2.33. The molecular formula is C20H18ClN5OS. The van der Waals surface area contributed by atoms with Crippen molar-refractivity contribution in [2.45, 2.75) is 19.9 Å². The number of rotatable bonds is 6. The Morgan fingerprint density at radius 3 is 2.93 bits per heavy atom. The molecule has 0 aliphatic carbocycles. The fourth-order valence-electron chi connectivity index (χ4n) is 3.00. The number of imidazole rings is 1. The Bertz CT molecular complexity index is 1090. The molecule has 0 fully saturated rings. The lowest BCUT2D eigenvalue weighted by Gasteiger charge is -2.19. The second kappa shape index (κ2) is 8.08. The van der Waals surface area contributed by atoms with E-state index in [1.165, 1.54) is 11.3 Å². The summed E-state index contributed by atoms with van der Waals surface area (Å²) in [7, 11) is 0. The normalized spacial score (nSPS) is 11.1. The van der Waals surface area contributed by atoms with Crippen molar-refractivity contribution >= 4 is 44.2 Å². The van der Waals surface area contributed by atoms with Gasteiger partial charge in [-0.05, 0) is 43.2 Å². The van der Waals surface area contributed by atoms with E-state index in [1.54, 1.807) is 35.8 Å². The summed E-state index contributed by atoms with van der Waals surface area (Å²) in [6.07, 6.45) is 7.82. The molecule has 0 aliphatic rings. The zero-order valence-corrected chi connectivity index (χ0v) is 16.8. The number of anilines is 1. The first-order valence-electron chi connectivity index (χ1n) is 8.87. The molecule has 0 unspecified atom stereocenters. The van der Waals surface area contributed by atoms with Gasteiger partial charge in [0.05, 0.1) is 16.5 Å². The number of hydrogen-bond acceptors (Lipinski definition) is 5. The summed E-state index contributed by atoms with van der Waals surface area (Å²) in [6.45, 7) is 3.27. The van der Waals surface area contributed by atoms with Crippen LogP contribution in [-0.4, -0.2) is 32.0 Å². The molecular weight excluding hydrogens is 394 g/mol. The second-order valence-corrected chi connectivity index (χ2v) is 7.84. The summed E-state index contributed by atoms with van der Waals surface area (Å²) < 4.78 is 2.96. The number of hydrogen-bond donors (Lipinski definition) is 0. The van der Waals surface area contributed by atoms with Crippen molar-refractivity contribution < 1.29 is 4.79 Å². The topological polar surface area (TPSA) is 63.9 Å². The molecule has 6 nitrogen and oxygen atoms in total. The molecule has 3 aromatic heterocycles. The summed E-state index contributed by atoms with van der Waals surface area (Å²) in [5.41, 5.74) is 2.27. The van der Waals surface area contributed by atoms with Gasteiger partial charge in [-0.25, -0.2) is 9.97 Å². The van der Waals surface area contributed by atoms with Crippen molar-refractivity contribution in [2.24, 2.45) is 0 Å². The Kier molecular flexibility index (Phi) is 5.36. The molecule has 0 saturated heterocycles. The molecule has 0 saturated carbocycles. The number of carbonyl (C=O) groups is 1. The van der Waals surface area contributed by atoms with E-state index in [2.05, 4.69) is 9.97 Å². The van der Waals surface area contributed by atoms with Crippen LogP contribution in [0.1, 0.15) is 22.5 Å². The van der Waals surface area contributed by atoms with Crippen LogP contribution in [0.2, 0.25) is 5.02 Å². The van der Waals surface area contributed by atoms with Crippen LogP contribution in [-0.2, 0) is 6.54 Å². The highest BCUT2D eigenvalue weighted by Gasteiger charge is 2.22. The van der Waals surface area contributed by atoms with Crippen molar-refractivity contribution in [3.8, 4) is 0 Å². The lowest BCUT2D eigenvalue weighted by atomic mass is 10.2. The molecule has 0 N–H and O–H groups in total. The fourth-order valence-corrected chi connectivity index (χ4v) is 4.44. The molecule has 1 aromatic carbocycles. The maximum atomic E-state index is 13.2. The lowest BCUT2D eigenvalue weighted by molar-refractivity contribution is 0.0981. The van der Waals surface area contributed by atoms with Crippen LogP contribution < -0.4 is 4.90 Å². The van der Waals surface area contributed by atoms with E-state index in [4.69, 9.17) is 16.6 Å². The fraction of sp³-hybridized carbons (Fsp3) is 0.200. The van der Waals surface area contributed by atoms with Crippen molar-refractivity contribution in [3.05, 3.63) is 71.5 Å². The van der Waals surface area contributed by atoms with E-state index in [9.17, 15) is 4.79 Å². The summed E-state index contributed by atoms with van der Waals surface area (Å²) in [5.74, 6) is -0.158. The smallest absolute Gasteiger partial charge is 0.278 e. The molecule has 28 heavy (non-hydrogen) atoms. The average molecular weight is 412 g/mol. The highest BCUT2D eigenvalue weighted by molar-refractivity contribution is 7.22. The van der Waals surface area contributed by atoms with E-state index < -0.39 is 0 Å². The number of fused-ring (bicyclic) bond motifs is 1. The Morgan fingerprint density at radius 1 is 1.29 bits per heavy atom. The molecule has 0 radical (unpaired) electrons. The van der Waals surface area contributed by atoms with Gasteiger partial charge in [-0.2, -0.15) is 0 Å². The average Bonchev–Trinajstić information content (AvgIpc) is 3.35. The van der Waals surface area contributed by atoms with Crippen LogP contribution in [0.15, 0.2) is 55.2 Å². The van der Waals surface area contributed by atoms with Gasteiger partial charge in [-0.1, -0.05) is 29.0 Å². The summed E-state index contributed by atoms with van der Waals surface area (Å²) in [4.78, 5) is 27.9. The number of aryl methyl sites for hydroxylation is 2. The molecule has 142 valence electrons. The van der Waals surface area contributed by atoms with Gasteiger partial charge in [0.25, 0.3) is 5.91 Å². The second-order valence-electron chi connectivity index (χ2n) is 6.39. The first-order valence-corrected chi connectivity index (χ1v) is 10.1. The van der Waals surface area contributed by atoms with E-state index in [-0.39, 0.29) is 5.91 Å². The number of aromatic nitrogens is 4. The molecule has 0 spiro atoms. The molecule has 0 atom stereocenters. The standard InChI is InChI=1S/C20H18ClN5OS/c1-14-11-15(21)12-17-18(14)24-20(28-17)26(9-4-8-25-10-7-22-13-25)19(27)16-5-2-3-6-23-16/h2-3,5-7,10-13H,4,8-9H2,1H3. The number of carbonyl (C=O) groups excluding carboxylic acids is 1. The van der Waals surface area contributed by atoms with Crippen LogP contribution in [0, 0.1) is 6.92 Å². The molecule has 8 heteroatoms. The van der Waals surface area contributed by atoms with Gasteiger partial charge < -0.3 is 4.57 Å². The maximum Gasteiger partial charge on any atom is 0.278 e. The first kappa shape index (κ1) is 18.6. The minimum Gasteiger partial charge on any atom is -0.337 e. The Morgan fingerprint density at radius 2 is 2.18 bits per heavy atom. The van der Waals surface area contributed by atoms with Gasteiger partial charge >= 0.3 is 0 Å². The van der Waals surface area contributed by atoms with E-state index in [1.807, 2.05) is 35.9 Å². The minimum absolute atomic E-state index is 0.158. The zero-order valence-electron chi connectivity index (χ0n) is 15.2. The Balaban J connectivity index is 1.65. The largest absolute Gasteiger partial charge is 0.337 e. The van der Waals surface area contributed by atoms with Gasteiger partial charge in [-0.15, -0.1) is 0 Å². The van der Waals surface area contributed by atoms with Crippen LogP contribution in [0.5, 0.6) is 0 Å². The predicted molar refractivity (Wildman–Crippen MR) is 112 cm³/mol. The maximum absolute atomic E-state index is 13.2. The summed E-state index contributed by atoms with van der Waals surface area (Å²) >= 11 is 7.66. The Hall–Kier alpha value is -2.77. The number of thiazole rings is 1. The lowest BCUT2D eigenvalue weighted by Crippen LogP contribution is -2.33. The quantitative estimate of drug-likeness (QED) is 0.465. The molecule has 1 amide bonds. The number of benzene rings is 1. The van der Waals surface area contributed by atoms with Gasteiger partial charge in [0.2, 0.25) is 0 Å². The molecule has 0 bridgehead atoms. The summed E-state index contributed by atoms with van der Waals surface area (Å²) in [5, 5.41) is 1.32. The summed E-state index contributed by atoms with van der Waals surface area (Å²) in [6, 6.07) is 9.10. The monoisotopic (exact) mass is 411 g/mol. The van der Waals surface area contributed by atoms with Crippen molar-refractivity contribution in [3.63, 3.8) is 0 Å². The Labute approximate surface area is 171 Å². The van der Waals surface area contributed by atoms with Crippen molar-refractivity contribution in [2.75, 3.05) is 11.4 Å². The van der Waals surface area contributed by atoms with Crippen molar-refractivity contribution in [1.82, 2.24) is 19.5 Å².